The summed E-state index contributed by atoms with van der Waals surface area (Å²) < 4.78 is 0. The van der Waals surface area contributed by atoms with Crippen molar-refractivity contribution < 1.29 is 4.79 Å². The Morgan fingerprint density at radius 2 is 1.72 bits per heavy atom. The molecule has 7 heteroatoms. The Balaban J connectivity index is 1.19. The molecular weight excluding hydrogens is 491 g/mol. The Labute approximate surface area is 226 Å². The summed E-state index contributed by atoms with van der Waals surface area (Å²) in [6, 6.07) is 16.4. The Kier molecular flexibility index (Phi) is 9.58. The number of benzene rings is 2. The molecule has 36 heavy (non-hydrogen) atoms. The molecule has 4 rings (SSSR count). The minimum atomic E-state index is -0.113. The predicted octanol–water partition coefficient (Wildman–Crippen LogP) is 5.78. The predicted molar refractivity (Wildman–Crippen MR) is 152 cm³/mol. The summed E-state index contributed by atoms with van der Waals surface area (Å²) in [7, 11) is 0. The largest absolute Gasteiger partial charge is 0.368 e. The van der Waals surface area contributed by atoms with Crippen LogP contribution in [0.5, 0.6) is 0 Å². The molecule has 5 nitrogen and oxygen atoms in total. The minimum absolute atomic E-state index is 0.113. The molecule has 0 saturated carbocycles. The quantitative estimate of drug-likeness (QED) is 0.396. The van der Waals surface area contributed by atoms with Crippen LogP contribution in [-0.4, -0.2) is 67.6 Å². The molecule has 2 aliphatic heterocycles. The van der Waals surface area contributed by atoms with Gasteiger partial charge in [0.1, 0.15) is 0 Å². The molecule has 1 fully saturated rings. The van der Waals surface area contributed by atoms with E-state index in [1.165, 1.54) is 11.3 Å². The van der Waals surface area contributed by atoms with Crippen molar-refractivity contribution in [2.75, 3.05) is 50.7 Å². The van der Waals surface area contributed by atoms with Gasteiger partial charge in [-0.1, -0.05) is 66.5 Å². The van der Waals surface area contributed by atoms with Gasteiger partial charge in [0.25, 0.3) is 0 Å². The maximum atomic E-state index is 13.1. The van der Waals surface area contributed by atoms with Gasteiger partial charge in [0.2, 0.25) is 5.91 Å². The molecule has 0 aliphatic carbocycles. The second-order valence-corrected chi connectivity index (χ2v) is 10.6. The molecule has 1 amide bonds. The lowest BCUT2D eigenvalue weighted by Crippen LogP contribution is -2.46. The number of unbranched alkanes of at least 4 members (excludes halogenated alkanes) is 1. The number of hydrogen-bond acceptors (Lipinski definition) is 4. The summed E-state index contributed by atoms with van der Waals surface area (Å²) in [5.74, 6) is 0.0275. The maximum absolute atomic E-state index is 13.1. The van der Waals surface area contributed by atoms with E-state index in [9.17, 15) is 4.79 Å². The van der Waals surface area contributed by atoms with Gasteiger partial charge in [-0.25, -0.2) is 0 Å². The van der Waals surface area contributed by atoms with Crippen molar-refractivity contribution in [3.63, 3.8) is 0 Å². The Bertz CT molecular complexity index is 1040. The highest BCUT2D eigenvalue weighted by atomic mass is 35.5. The zero-order valence-corrected chi connectivity index (χ0v) is 22.9. The molecule has 2 unspecified atom stereocenters. The number of piperazine rings is 1. The lowest BCUT2D eigenvalue weighted by atomic mass is 10.0. The van der Waals surface area contributed by atoms with E-state index in [0.29, 0.717) is 10.0 Å². The number of amides is 1. The second-order valence-electron chi connectivity index (χ2n) is 9.78. The highest BCUT2D eigenvalue weighted by molar-refractivity contribution is 6.43. The van der Waals surface area contributed by atoms with Gasteiger partial charge in [-0.05, 0) is 56.5 Å². The average molecular weight is 530 g/mol. The van der Waals surface area contributed by atoms with E-state index in [1.807, 2.05) is 24.3 Å². The van der Waals surface area contributed by atoms with Gasteiger partial charge in [0, 0.05) is 51.0 Å². The number of nitrogens with zero attached hydrogens (tertiary/aromatic N) is 3. The van der Waals surface area contributed by atoms with E-state index in [0.717, 1.165) is 70.8 Å². The van der Waals surface area contributed by atoms with Gasteiger partial charge in [-0.3, -0.25) is 9.69 Å². The SMILES string of the molecule is CCCN1C(c2ccccc2)=CC(C(=O)NCCCCN2CCN(c3cccc(Cl)c3Cl)CC2)C1C. The first-order valence-electron chi connectivity index (χ1n) is 13.2. The van der Waals surface area contributed by atoms with Crippen molar-refractivity contribution in [2.45, 2.75) is 39.2 Å². The van der Waals surface area contributed by atoms with Gasteiger partial charge < -0.3 is 15.1 Å². The summed E-state index contributed by atoms with van der Waals surface area (Å²) in [5, 5.41) is 4.45. The molecule has 0 radical (unpaired) electrons. The molecule has 2 atom stereocenters. The van der Waals surface area contributed by atoms with E-state index in [4.69, 9.17) is 23.2 Å². The molecule has 2 aromatic carbocycles. The van der Waals surface area contributed by atoms with Crippen LogP contribution in [0.15, 0.2) is 54.6 Å². The zero-order valence-electron chi connectivity index (χ0n) is 21.4. The van der Waals surface area contributed by atoms with Crippen molar-refractivity contribution in [3.8, 4) is 0 Å². The fraction of sp³-hybridized carbons (Fsp3) is 0.483. The fourth-order valence-electron chi connectivity index (χ4n) is 5.29. The Morgan fingerprint density at radius 1 is 0.972 bits per heavy atom. The number of carbonyl (C=O) groups is 1. The summed E-state index contributed by atoms with van der Waals surface area (Å²) in [5.41, 5.74) is 3.39. The van der Waals surface area contributed by atoms with Crippen molar-refractivity contribution in [1.29, 1.82) is 0 Å². The third-order valence-corrected chi connectivity index (χ3v) is 8.15. The van der Waals surface area contributed by atoms with Gasteiger partial charge in [-0.2, -0.15) is 0 Å². The highest BCUT2D eigenvalue weighted by Gasteiger charge is 2.35. The first-order valence-corrected chi connectivity index (χ1v) is 14.0. The van der Waals surface area contributed by atoms with Gasteiger partial charge in [0.05, 0.1) is 21.7 Å². The Hall–Kier alpha value is -2.21. The number of rotatable bonds is 10. The highest BCUT2D eigenvalue weighted by Crippen LogP contribution is 2.34. The lowest BCUT2D eigenvalue weighted by Gasteiger charge is -2.36. The summed E-state index contributed by atoms with van der Waals surface area (Å²) in [6.07, 6.45) is 5.28. The fourth-order valence-corrected chi connectivity index (χ4v) is 5.70. The van der Waals surface area contributed by atoms with Crippen LogP contribution in [0.3, 0.4) is 0 Å². The van der Waals surface area contributed by atoms with E-state index in [-0.39, 0.29) is 17.9 Å². The summed E-state index contributed by atoms with van der Waals surface area (Å²) in [4.78, 5) is 20.2. The standard InChI is InChI=1S/C29H38Cl2N4O/c1-3-15-35-22(2)24(21-27(35)23-10-5-4-6-11-23)29(36)32-14-7-8-16-33-17-19-34(20-18-33)26-13-9-12-25(30)28(26)31/h4-6,9-13,21-22,24H,3,7-8,14-20H2,1-2H3,(H,32,36). The van der Waals surface area contributed by atoms with E-state index in [2.05, 4.69) is 64.2 Å². The average Bonchev–Trinajstić information content (AvgIpc) is 3.22. The summed E-state index contributed by atoms with van der Waals surface area (Å²) in [6.45, 7) is 11.0. The molecular formula is C29H38Cl2N4O. The number of halogens is 2. The molecule has 1 saturated heterocycles. The molecule has 2 heterocycles. The van der Waals surface area contributed by atoms with Crippen molar-refractivity contribution in [2.24, 2.45) is 5.92 Å². The van der Waals surface area contributed by atoms with Crippen LogP contribution in [0, 0.1) is 5.92 Å². The maximum Gasteiger partial charge on any atom is 0.229 e. The van der Waals surface area contributed by atoms with Crippen molar-refractivity contribution in [1.82, 2.24) is 15.1 Å². The van der Waals surface area contributed by atoms with Crippen LogP contribution in [0.4, 0.5) is 5.69 Å². The van der Waals surface area contributed by atoms with Crippen LogP contribution in [0.25, 0.3) is 5.70 Å². The van der Waals surface area contributed by atoms with E-state index in [1.54, 1.807) is 0 Å². The van der Waals surface area contributed by atoms with Crippen LogP contribution >= 0.6 is 23.2 Å². The van der Waals surface area contributed by atoms with Crippen molar-refractivity contribution >= 4 is 40.5 Å². The van der Waals surface area contributed by atoms with Crippen LogP contribution < -0.4 is 10.2 Å². The smallest absolute Gasteiger partial charge is 0.229 e. The number of nitrogens with one attached hydrogen (secondary N) is 1. The molecule has 0 spiro atoms. The number of anilines is 1. The van der Waals surface area contributed by atoms with Gasteiger partial charge in [0.15, 0.2) is 0 Å². The molecule has 1 N–H and O–H groups in total. The van der Waals surface area contributed by atoms with E-state index >= 15 is 0 Å². The first kappa shape index (κ1) is 26.8. The first-order chi connectivity index (χ1) is 17.5. The molecule has 2 aliphatic rings. The molecule has 0 bridgehead atoms. The van der Waals surface area contributed by atoms with Crippen LogP contribution in [0.2, 0.25) is 10.0 Å². The third kappa shape index (κ3) is 6.37. The van der Waals surface area contributed by atoms with Gasteiger partial charge in [-0.15, -0.1) is 0 Å². The summed E-state index contributed by atoms with van der Waals surface area (Å²) >= 11 is 12.6. The van der Waals surface area contributed by atoms with Crippen molar-refractivity contribution in [3.05, 3.63) is 70.2 Å². The zero-order chi connectivity index (χ0) is 25.5. The molecule has 2 aromatic rings. The molecule has 0 aromatic heterocycles. The van der Waals surface area contributed by atoms with E-state index < -0.39 is 0 Å². The second kappa shape index (κ2) is 12.8. The topological polar surface area (TPSA) is 38.8 Å². The number of carbonyl (C=O) groups excluding carboxylic acids is 1. The lowest BCUT2D eigenvalue weighted by molar-refractivity contribution is -0.124. The monoisotopic (exact) mass is 528 g/mol. The minimum Gasteiger partial charge on any atom is -0.368 e. The van der Waals surface area contributed by atoms with Crippen LogP contribution in [0.1, 0.15) is 38.7 Å². The normalized spacial score (nSPS) is 20.5. The third-order valence-electron chi connectivity index (χ3n) is 7.34. The van der Waals surface area contributed by atoms with Gasteiger partial charge >= 0.3 is 0 Å². The Morgan fingerprint density at radius 3 is 2.44 bits per heavy atom. The molecule has 194 valence electrons. The number of hydrogen-bond donors (Lipinski definition) is 1. The van der Waals surface area contributed by atoms with Crippen LogP contribution in [-0.2, 0) is 4.79 Å².